The van der Waals surface area contributed by atoms with Crippen LogP contribution in [0.25, 0.3) is 0 Å². The number of hydrogen-bond acceptors (Lipinski definition) is 3. The van der Waals surface area contributed by atoms with Crippen LogP contribution in [0.2, 0.25) is 0 Å². The van der Waals surface area contributed by atoms with Crippen LogP contribution in [0.1, 0.15) is 33.3 Å². The predicted molar refractivity (Wildman–Crippen MR) is 73.6 cm³/mol. The lowest BCUT2D eigenvalue weighted by Crippen LogP contribution is -2.41. The zero-order chi connectivity index (χ0) is 16.1. The van der Waals surface area contributed by atoms with Gasteiger partial charge in [0.1, 0.15) is 5.75 Å². The van der Waals surface area contributed by atoms with Crippen molar-refractivity contribution >= 4 is 12.6 Å². The fourth-order valence-electron chi connectivity index (χ4n) is 2.04. The lowest BCUT2D eigenvalue weighted by molar-refractivity contribution is -0.274. The first-order valence-corrected chi connectivity index (χ1v) is 6.63. The number of halogens is 3. The van der Waals surface area contributed by atoms with Gasteiger partial charge in [-0.1, -0.05) is 17.7 Å². The Morgan fingerprint density at radius 3 is 2.05 bits per heavy atom. The van der Waals surface area contributed by atoms with Crippen molar-refractivity contribution in [2.75, 3.05) is 0 Å². The molecule has 1 aliphatic rings. The highest BCUT2D eigenvalue weighted by Gasteiger charge is 2.52. The van der Waals surface area contributed by atoms with Gasteiger partial charge in [0.15, 0.2) is 0 Å². The Hall–Kier alpha value is -1.21. The van der Waals surface area contributed by atoms with Gasteiger partial charge in [-0.25, -0.2) is 0 Å². The van der Waals surface area contributed by atoms with Gasteiger partial charge in [-0.3, -0.25) is 0 Å². The normalized spacial score (nSPS) is 20.7. The van der Waals surface area contributed by atoms with Crippen LogP contribution in [0.15, 0.2) is 18.2 Å². The summed E-state index contributed by atoms with van der Waals surface area (Å²) in [5.41, 5.74) is -0.214. The Labute approximate surface area is 122 Å². The molecule has 116 valence electrons. The van der Waals surface area contributed by atoms with Crippen LogP contribution < -0.4 is 10.2 Å². The number of aryl methyl sites for hydroxylation is 1. The van der Waals surface area contributed by atoms with E-state index in [0.717, 1.165) is 5.56 Å². The van der Waals surface area contributed by atoms with Gasteiger partial charge in [0.05, 0.1) is 11.2 Å². The van der Waals surface area contributed by atoms with E-state index in [1.54, 1.807) is 19.1 Å². The first-order chi connectivity index (χ1) is 9.41. The molecule has 3 nitrogen and oxygen atoms in total. The summed E-state index contributed by atoms with van der Waals surface area (Å²) in [4.78, 5) is 0. The number of alkyl halides is 3. The predicted octanol–water partition coefficient (Wildman–Crippen LogP) is 3.19. The molecule has 2 rings (SSSR count). The molecule has 0 atom stereocenters. The average molecular weight is 302 g/mol. The van der Waals surface area contributed by atoms with E-state index >= 15 is 0 Å². The van der Waals surface area contributed by atoms with Crippen molar-refractivity contribution in [3.05, 3.63) is 23.8 Å². The third-order valence-corrected chi connectivity index (χ3v) is 3.90. The summed E-state index contributed by atoms with van der Waals surface area (Å²) in [5.74, 6) is -0.299. The standard InChI is InChI=1S/C14H18BF3O3/c1-9-6-7-11(19-14(16,17)18)10(8-9)15-20-12(2,3)13(4,5)21-15/h6-8H,1-5H3. The van der Waals surface area contributed by atoms with Gasteiger partial charge in [0.25, 0.3) is 0 Å². The fraction of sp³-hybridized carbons (Fsp3) is 0.571. The maximum atomic E-state index is 12.5. The molecule has 0 aliphatic carbocycles. The summed E-state index contributed by atoms with van der Waals surface area (Å²) in [6.07, 6.45) is -4.76. The highest BCUT2D eigenvalue weighted by molar-refractivity contribution is 6.63. The molecule has 0 amide bonds. The van der Waals surface area contributed by atoms with Crippen molar-refractivity contribution in [3.63, 3.8) is 0 Å². The van der Waals surface area contributed by atoms with Crippen molar-refractivity contribution in [1.29, 1.82) is 0 Å². The Bertz CT molecular complexity index is 525. The van der Waals surface area contributed by atoms with E-state index in [9.17, 15) is 13.2 Å². The van der Waals surface area contributed by atoms with Gasteiger partial charge >= 0.3 is 13.5 Å². The second kappa shape index (κ2) is 4.92. The molecule has 7 heteroatoms. The van der Waals surface area contributed by atoms with E-state index in [0.29, 0.717) is 0 Å². The molecular formula is C14H18BF3O3. The Morgan fingerprint density at radius 2 is 1.57 bits per heavy atom. The minimum absolute atomic E-state index is 0.242. The molecule has 0 saturated carbocycles. The maximum Gasteiger partial charge on any atom is 0.573 e. The van der Waals surface area contributed by atoms with Crippen LogP contribution in [-0.2, 0) is 9.31 Å². The van der Waals surface area contributed by atoms with Crippen molar-refractivity contribution in [1.82, 2.24) is 0 Å². The Kier molecular flexibility index (Phi) is 3.79. The monoisotopic (exact) mass is 302 g/mol. The van der Waals surface area contributed by atoms with Crippen LogP contribution in [0.5, 0.6) is 5.75 Å². The van der Waals surface area contributed by atoms with Gasteiger partial charge < -0.3 is 14.0 Å². The molecule has 1 fully saturated rings. The largest absolute Gasteiger partial charge is 0.573 e. The van der Waals surface area contributed by atoms with Crippen LogP contribution in [0.4, 0.5) is 13.2 Å². The summed E-state index contributed by atoms with van der Waals surface area (Å²) in [6.45, 7) is 9.15. The molecule has 1 aliphatic heterocycles. The summed E-state index contributed by atoms with van der Waals surface area (Å²) >= 11 is 0. The molecule has 0 aromatic heterocycles. The average Bonchev–Trinajstić information content (AvgIpc) is 2.49. The highest BCUT2D eigenvalue weighted by atomic mass is 19.4. The van der Waals surface area contributed by atoms with Gasteiger partial charge in [-0.05, 0) is 40.7 Å². The Morgan fingerprint density at radius 1 is 1.05 bits per heavy atom. The molecule has 21 heavy (non-hydrogen) atoms. The molecule has 0 radical (unpaired) electrons. The molecule has 1 aromatic carbocycles. The molecule has 0 unspecified atom stereocenters. The van der Waals surface area contributed by atoms with E-state index in [1.807, 2.05) is 27.7 Å². The minimum atomic E-state index is -4.76. The van der Waals surface area contributed by atoms with Crippen LogP contribution in [-0.4, -0.2) is 24.7 Å². The third kappa shape index (κ3) is 3.35. The van der Waals surface area contributed by atoms with Crippen molar-refractivity contribution < 1.29 is 27.2 Å². The minimum Gasteiger partial charge on any atom is -0.406 e. The summed E-state index contributed by atoms with van der Waals surface area (Å²) < 4.78 is 53.2. The lowest BCUT2D eigenvalue weighted by atomic mass is 9.77. The molecule has 1 aromatic rings. The lowest BCUT2D eigenvalue weighted by Gasteiger charge is -2.32. The third-order valence-electron chi connectivity index (χ3n) is 3.90. The van der Waals surface area contributed by atoms with Crippen molar-refractivity contribution in [2.24, 2.45) is 0 Å². The molecule has 0 spiro atoms. The zero-order valence-electron chi connectivity index (χ0n) is 12.7. The van der Waals surface area contributed by atoms with Crippen LogP contribution in [0, 0.1) is 6.92 Å². The van der Waals surface area contributed by atoms with E-state index in [-0.39, 0.29) is 11.2 Å². The molecule has 0 N–H and O–H groups in total. The van der Waals surface area contributed by atoms with Gasteiger partial charge in [0, 0.05) is 5.46 Å². The van der Waals surface area contributed by atoms with E-state index in [2.05, 4.69) is 4.74 Å². The number of benzene rings is 1. The quantitative estimate of drug-likeness (QED) is 0.785. The molecule has 0 bridgehead atoms. The zero-order valence-corrected chi connectivity index (χ0v) is 12.7. The van der Waals surface area contributed by atoms with Crippen molar-refractivity contribution in [2.45, 2.75) is 52.2 Å². The number of hydrogen-bond donors (Lipinski definition) is 0. The SMILES string of the molecule is Cc1ccc(OC(F)(F)F)c(B2OC(C)(C)C(C)(C)O2)c1. The number of ether oxygens (including phenoxy) is 1. The van der Waals surface area contributed by atoms with E-state index in [4.69, 9.17) is 9.31 Å². The maximum absolute atomic E-state index is 12.5. The van der Waals surface area contributed by atoms with Crippen molar-refractivity contribution in [3.8, 4) is 5.75 Å². The second-order valence-electron chi connectivity index (χ2n) is 6.18. The molecular weight excluding hydrogens is 284 g/mol. The van der Waals surface area contributed by atoms with Gasteiger partial charge in [-0.15, -0.1) is 13.2 Å². The summed E-state index contributed by atoms with van der Waals surface area (Å²) in [6, 6.07) is 4.42. The highest BCUT2D eigenvalue weighted by Crippen LogP contribution is 2.37. The van der Waals surface area contributed by atoms with E-state index in [1.165, 1.54) is 6.07 Å². The van der Waals surface area contributed by atoms with Crippen LogP contribution in [0.3, 0.4) is 0 Å². The molecule has 1 heterocycles. The van der Waals surface area contributed by atoms with E-state index < -0.39 is 24.7 Å². The fourth-order valence-corrected chi connectivity index (χ4v) is 2.04. The summed E-state index contributed by atoms with van der Waals surface area (Å²) in [7, 11) is -0.896. The number of rotatable bonds is 2. The first kappa shape index (κ1) is 16.2. The van der Waals surface area contributed by atoms with Gasteiger partial charge in [-0.2, -0.15) is 0 Å². The second-order valence-corrected chi connectivity index (χ2v) is 6.18. The smallest absolute Gasteiger partial charge is 0.406 e. The van der Waals surface area contributed by atoms with Crippen LogP contribution >= 0.6 is 0 Å². The summed E-state index contributed by atoms with van der Waals surface area (Å²) in [5, 5.41) is 0. The first-order valence-electron chi connectivity index (χ1n) is 6.63. The molecule has 1 saturated heterocycles. The topological polar surface area (TPSA) is 27.7 Å². The van der Waals surface area contributed by atoms with Gasteiger partial charge in [0.2, 0.25) is 0 Å². The Balaban J connectivity index is 2.38.